The predicted octanol–water partition coefficient (Wildman–Crippen LogP) is 4.01. The van der Waals surface area contributed by atoms with Crippen molar-refractivity contribution in [2.45, 2.75) is 19.8 Å². The van der Waals surface area contributed by atoms with Crippen molar-refractivity contribution in [3.8, 4) is 5.75 Å². The van der Waals surface area contributed by atoms with Crippen LogP contribution < -0.4 is 20.9 Å². The molecule has 154 valence electrons. The van der Waals surface area contributed by atoms with Crippen LogP contribution in [0.3, 0.4) is 0 Å². The summed E-state index contributed by atoms with van der Waals surface area (Å²) in [5.41, 5.74) is 5.89. The van der Waals surface area contributed by atoms with Gasteiger partial charge < -0.3 is 10.1 Å². The minimum Gasteiger partial charge on any atom is -0.483 e. The molecule has 0 aliphatic carbocycles. The Morgan fingerprint density at radius 1 is 0.966 bits per heavy atom. The molecule has 0 aliphatic heterocycles. The molecular weight excluding hydrogens is 485 g/mol. The molecule has 0 atom stereocenters. The summed E-state index contributed by atoms with van der Waals surface area (Å²) in [6.45, 7) is 1.65. The van der Waals surface area contributed by atoms with Crippen LogP contribution in [-0.4, -0.2) is 24.3 Å². The number of aryl methyl sites for hydroxylation is 1. The fraction of sp³-hybridized carbons (Fsp3) is 0.211. The predicted molar refractivity (Wildman–Crippen MR) is 115 cm³/mol. The van der Waals surface area contributed by atoms with Crippen LogP contribution in [0.25, 0.3) is 0 Å². The molecule has 0 saturated carbocycles. The summed E-state index contributed by atoms with van der Waals surface area (Å²) >= 11 is 15.1. The lowest BCUT2D eigenvalue weighted by molar-refractivity contribution is -0.130. The second-order valence-electron chi connectivity index (χ2n) is 5.99. The third-order valence-electron chi connectivity index (χ3n) is 3.57. The molecule has 0 aromatic heterocycles. The maximum absolute atomic E-state index is 11.9. The van der Waals surface area contributed by atoms with Crippen LogP contribution in [0.4, 0.5) is 5.69 Å². The standard InChI is InChI=1S/C19H18BrCl2N3O4/c1-11-2-5-16(13(20)8-11)29-10-19(28)25-24-18(27)7-6-17(26)23-15-4-3-12(21)9-14(15)22/h2-5,8-9H,6-7,10H2,1H3,(H,23,26)(H,24,27)(H,25,28). The average molecular weight is 503 g/mol. The van der Waals surface area contributed by atoms with Crippen molar-refractivity contribution in [1.29, 1.82) is 0 Å². The van der Waals surface area contributed by atoms with E-state index in [0.29, 0.717) is 21.5 Å². The normalized spacial score (nSPS) is 10.2. The highest BCUT2D eigenvalue weighted by atomic mass is 79.9. The zero-order valence-electron chi connectivity index (χ0n) is 15.4. The number of carbonyl (C=O) groups excluding carboxylic acids is 3. The van der Waals surface area contributed by atoms with Crippen LogP contribution in [-0.2, 0) is 14.4 Å². The summed E-state index contributed by atoms with van der Waals surface area (Å²) < 4.78 is 6.10. The molecule has 0 heterocycles. The first-order chi connectivity index (χ1) is 13.7. The molecule has 2 aromatic carbocycles. The maximum Gasteiger partial charge on any atom is 0.276 e. The van der Waals surface area contributed by atoms with E-state index >= 15 is 0 Å². The van der Waals surface area contributed by atoms with Gasteiger partial charge in [-0.3, -0.25) is 25.2 Å². The number of anilines is 1. The molecule has 0 unspecified atom stereocenters. The molecule has 0 radical (unpaired) electrons. The Kier molecular flexibility index (Phi) is 8.75. The van der Waals surface area contributed by atoms with Gasteiger partial charge in [0, 0.05) is 17.9 Å². The molecule has 29 heavy (non-hydrogen) atoms. The van der Waals surface area contributed by atoms with Crippen LogP contribution in [0.2, 0.25) is 10.0 Å². The Hall–Kier alpha value is -2.29. The summed E-state index contributed by atoms with van der Waals surface area (Å²) in [6.07, 6.45) is -0.213. The molecule has 7 nitrogen and oxygen atoms in total. The van der Waals surface area contributed by atoms with Gasteiger partial charge in [-0.15, -0.1) is 0 Å². The molecular formula is C19H18BrCl2N3O4. The first-order valence-corrected chi connectivity index (χ1v) is 10.0. The first-order valence-electron chi connectivity index (χ1n) is 8.46. The zero-order valence-corrected chi connectivity index (χ0v) is 18.5. The molecule has 0 aliphatic rings. The van der Waals surface area contributed by atoms with E-state index in [1.165, 1.54) is 6.07 Å². The third-order valence-corrected chi connectivity index (χ3v) is 4.74. The highest BCUT2D eigenvalue weighted by Gasteiger charge is 2.11. The van der Waals surface area contributed by atoms with Crippen molar-refractivity contribution in [3.63, 3.8) is 0 Å². The largest absolute Gasteiger partial charge is 0.483 e. The Morgan fingerprint density at radius 3 is 2.34 bits per heavy atom. The van der Waals surface area contributed by atoms with Gasteiger partial charge in [-0.1, -0.05) is 29.3 Å². The van der Waals surface area contributed by atoms with E-state index in [0.717, 1.165) is 10.0 Å². The summed E-state index contributed by atoms with van der Waals surface area (Å²) in [5, 5.41) is 3.32. The number of amides is 3. The number of rotatable bonds is 7. The van der Waals surface area contributed by atoms with Crippen molar-refractivity contribution in [3.05, 3.63) is 56.5 Å². The lowest BCUT2D eigenvalue weighted by atomic mass is 10.2. The molecule has 10 heteroatoms. The van der Waals surface area contributed by atoms with E-state index in [1.807, 2.05) is 19.1 Å². The van der Waals surface area contributed by atoms with Crippen molar-refractivity contribution in [2.75, 3.05) is 11.9 Å². The highest BCUT2D eigenvalue weighted by molar-refractivity contribution is 9.10. The van der Waals surface area contributed by atoms with E-state index in [2.05, 4.69) is 32.1 Å². The molecule has 3 amide bonds. The Balaban J connectivity index is 1.68. The van der Waals surface area contributed by atoms with Gasteiger partial charge in [-0.05, 0) is 58.7 Å². The molecule has 0 fully saturated rings. The van der Waals surface area contributed by atoms with Crippen LogP contribution in [0.15, 0.2) is 40.9 Å². The Bertz CT molecular complexity index is 924. The lowest BCUT2D eigenvalue weighted by Crippen LogP contribution is -2.44. The Morgan fingerprint density at radius 2 is 1.66 bits per heavy atom. The van der Waals surface area contributed by atoms with E-state index in [-0.39, 0.29) is 19.4 Å². The number of hydrazine groups is 1. The number of halogens is 3. The number of carbonyl (C=O) groups is 3. The summed E-state index contributed by atoms with van der Waals surface area (Å²) in [5.74, 6) is -0.951. The SMILES string of the molecule is Cc1ccc(OCC(=O)NNC(=O)CCC(=O)Nc2ccc(Cl)cc2Cl)c(Br)c1. The number of hydrogen-bond donors (Lipinski definition) is 3. The van der Waals surface area contributed by atoms with Gasteiger partial charge in [0.2, 0.25) is 11.8 Å². The van der Waals surface area contributed by atoms with Crippen molar-refractivity contribution in [1.82, 2.24) is 10.9 Å². The number of nitrogens with one attached hydrogen (secondary N) is 3. The number of benzene rings is 2. The summed E-state index contributed by atoms with van der Waals surface area (Å²) in [6, 6.07) is 10.1. The van der Waals surface area contributed by atoms with Gasteiger partial charge in [0.05, 0.1) is 15.2 Å². The highest BCUT2D eigenvalue weighted by Crippen LogP contribution is 2.26. The minimum atomic E-state index is -0.539. The molecule has 3 N–H and O–H groups in total. The van der Waals surface area contributed by atoms with E-state index in [9.17, 15) is 14.4 Å². The topological polar surface area (TPSA) is 96.5 Å². The lowest BCUT2D eigenvalue weighted by Gasteiger charge is -2.10. The summed E-state index contributed by atoms with van der Waals surface area (Å²) in [7, 11) is 0. The fourth-order valence-electron chi connectivity index (χ4n) is 2.13. The second kappa shape index (κ2) is 11.0. The van der Waals surface area contributed by atoms with Crippen molar-refractivity contribution >= 4 is 62.5 Å². The second-order valence-corrected chi connectivity index (χ2v) is 7.69. The molecule has 2 aromatic rings. The smallest absolute Gasteiger partial charge is 0.276 e. The quantitative estimate of drug-likeness (QED) is 0.498. The average Bonchev–Trinajstić information content (AvgIpc) is 2.66. The first kappa shape index (κ1) is 23.0. The third kappa shape index (κ3) is 7.92. The van der Waals surface area contributed by atoms with E-state index in [1.54, 1.807) is 18.2 Å². The fourth-order valence-corrected chi connectivity index (χ4v) is 3.20. The summed E-state index contributed by atoms with van der Waals surface area (Å²) in [4.78, 5) is 35.5. The monoisotopic (exact) mass is 501 g/mol. The van der Waals surface area contributed by atoms with E-state index < -0.39 is 17.7 Å². The molecule has 0 saturated heterocycles. The van der Waals surface area contributed by atoms with Gasteiger partial charge in [0.25, 0.3) is 5.91 Å². The zero-order chi connectivity index (χ0) is 21.4. The van der Waals surface area contributed by atoms with Gasteiger partial charge in [0.15, 0.2) is 6.61 Å². The minimum absolute atomic E-state index is 0.0898. The molecule has 0 spiro atoms. The van der Waals surface area contributed by atoms with Gasteiger partial charge in [-0.25, -0.2) is 0 Å². The van der Waals surface area contributed by atoms with Crippen LogP contribution in [0.5, 0.6) is 5.75 Å². The van der Waals surface area contributed by atoms with Crippen LogP contribution in [0, 0.1) is 6.92 Å². The van der Waals surface area contributed by atoms with Crippen molar-refractivity contribution in [2.24, 2.45) is 0 Å². The van der Waals surface area contributed by atoms with E-state index in [4.69, 9.17) is 27.9 Å². The molecule has 0 bridgehead atoms. The Labute approximate surface area is 186 Å². The van der Waals surface area contributed by atoms with Crippen LogP contribution >= 0.6 is 39.1 Å². The van der Waals surface area contributed by atoms with Crippen molar-refractivity contribution < 1.29 is 19.1 Å². The molecule has 2 rings (SSSR count). The number of ether oxygens (including phenoxy) is 1. The van der Waals surface area contributed by atoms with Gasteiger partial charge in [0.1, 0.15) is 5.75 Å². The van der Waals surface area contributed by atoms with Gasteiger partial charge >= 0.3 is 0 Å². The van der Waals surface area contributed by atoms with Crippen LogP contribution in [0.1, 0.15) is 18.4 Å². The van der Waals surface area contributed by atoms with Gasteiger partial charge in [-0.2, -0.15) is 0 Å². The maximum atomic E-state index is 11.9. The number of hydrogen-bond acceptors (Lipinski definition) is 4.